The Morgan fingerprint density at radius 3 is 1.91 bits per heavy atom. The number of rotatable bonds is 3. The molecule has 2 nitrogen and oxygen atoms in total. The molecule has 0 aromatic carbocycles. The lowest BCUT2D eigenvalue weighted by molar-refractivity contribution is -0.257. The van der Waals surface area contributed by atoms with Crippen molar-refractivity contribution in [3.63, 3.8) is 0 Å². The van der Waals surface area contributed by atoms with Gasteiger partial charge in [-0.05, 0) is 21.0 Å². The smallest absolute Gasteiger partial charge is 0.354 e. The first kappa shape index (κ1) is 10.7. The zero-order chi connectivity index (χ0) is 9.07. The number of alkyl halides is 3. The third-order valence-electron chi connectivity index (χ3n) is 1.07. The molecule has 0 N–H and O–H groups in total. The van der Waals surface area contributed by atoms with Crippen molar-refractivity contribution in [2.45, 2.75) is 19.3 Å². The molecular formula is C6H12F3NO. The first-order valence-electron chi connectivity index (χ1n) is 3.24. The third-order valence-corrected chi connectivity index (χ3v) is 1.07. The average molecular weight is 171 g/mol. The molecule has 11 heavy (non-hydrogen) atoms. The van der Waals surface area contributed by atoms with Crippen LogP contribution in [-0.2, 0) is 4.74 Å². The summed E-state index contributed by atoms with van der Waals surface area (Å²) in [6.45, 7) is 1.59. The van der Waals surface area contributed by atoms with Crippen molar-refractivity contribution in [1.82, 2.24) is 4.90 Å². The van der Waals surface area contributed by atoms with Crippen LogP contribution in [0.3, 0.4) is 0 Å². The van der Waals surface area contributed by atoms with Crippen molar-refractivity contribution in [3.05, 3.63) is 0 Å². The Hall–Kier alpha value is -0.290. The maximum atomic E-state index is 12.0. The number of halogens is 3. The zero-order valence-corrected chi connectivity index (χ0v) is 6.77. The number of nitrogens with zero attached hydrogens (tertiary/aromatic N) is 1. The Balaban J connectivity index is 4.10. The van der Waals surface area contributed by atoms with Crippen LogP contribution in [0.5, 0.6) is 0 Å². The molecule has 0 bridgehead atoms. The van der Waals surface area contributed by atoms with E-state index in [1.54, 1.807) is 0 Å². The molecule has 1 unspecified atom stereocenters. The summed E-state index contributed by atoms with van der Waals surface area (Å²) in [4.78, 5) is 0.990. The molecule has 0 radical (unpaired) electrons. The summed E-state index contributed by atoms with van der Waals surface area (Å²) in [6.07, 6.45) is -6.09. The van der Waals surface area contributed by atoms with Crippen molar-refractivity contribution >= 4 is 0 Å². The van der Waals surface area contributed by atoms with E-state index in [0.29, 0.717) is 0 Å². The number of hydrogen-bond donors (Lipinski definition) is 0. The van der Waals surface area contributed by atoms with Crippen molar-refractivity contribution in [2.24, 2.45) is 0 Å². The van der Waals surface area contributed by atoms with Crippen LogP contribution >= 0.6 is 0 Å². The zero-order valence-electron chi connectivity index (χ0n) is 6.77. The van der Waals surface area contributed by atoms with Crippen molar-refractivity contribution in [2.75, 3.05) is 20.7 Å². The highest BCUT2D eigenvalue weighted by Gasteiger charge is 2.41. The van der Waals surface area contributed by atoms with Gasteiger partial charge in [0.1, 0.15) is 0 Å². The Morgan fingerprint density at radius 1 is 1.36 bits per heavy atom. The van der Waals surface area contributed by atoms with Crippen LogP contribution in [0.4, 0.5) is 13.2 Å². The maximum Gasteiger partial charge on any atom is 0.428 e. The van der Waals surface area contributed by atoms with E-state index in [-0.39, 0.29) is 6.61 Å². The van der Waals surface area contributed by atoms with E-state index in [0.717, 1.165) is 4.90 Å². The van der Waals surface area contributed by atoms with Crippen molar-refractivity contribution < 1.29 is 17.9 Å². The summed E-state index contributed by atoms with van der Waals surface area (Å²) in [5, 5.41) is 0. The fourth-order valence-corrected chi connectivity index (χ4v) is 0.694. The summed E-state index contributed by atoms with van der Waals surface area (Å²) in [5.41, 5.74) is 0. The van der Waals surface area contributed by atoms with Gasteiger partial charge in [0.15, 0.2) is 0 Å². The van der Waals surface area contributed by atoms with E-state index in [1.807, 2.05) is 0 Å². The lowest BCUT2D eigenvalue weighted by Crippen LogP contribution is -2.43. The first-order valence-corrected chi connectivity index (χ1v) is 3.24. The van der Waals surface area contributed by atoms with Gasteiger partial charge < -0.3 is 4.74 Å². The van der Waals surface area contributed by atoms with Gasteiger partial charge in [-0.2, -0.15) is 13.2 Å². The van der Waals surface area contributed by atoms with Crippen LogP contribution in [0.25, 0.3) is 0 Å². The SMILES string of the molecule is CCOC(N(C)C)C(F)(F)F. The summed E-state index contributed by atoms with van der Waals surface area (Å²) in [6, 6.07) is 0. The largest absolute Gasteiger partial charge is 0.428 e. The minimum absolute atomic E-state index is 0.0579. The molecule has 0 aliphatic heterocycles. The van der Waals surface area contributed by atoms with Crippen LogP contribution in [-0.4, -0.2) is 38.0 Å². The lowest BCUT2D eigenvalue weighted by atomic mass is 10.5. The van der Waals surface area contributed by atoms with Gasteiger partial charge >= 0.3 is 6.18 Å². The number of hydrogen-bond acceptors (Lipinski definition) is 2. The normalized spacial score (nSPS) is 15.5. The van der Waals surface area contributed by atoms with Gasteiger partial charge in [-0.25, -0.2) is 0 Å². The predicted octanol–water partition coefficient (Wildman–Crippen LogP) is 1.47. The Bertz CT molecular complexity index is 113. The van der Waals surface area contributed by atoms with Gasteiger partial charge in [0.2, 0.25) is 6.23 Å². The highest BCUT2D eigenvalue weighted by Crippen LogP contribution is 2.23. The highest BCUT2D eigenvalue weighted by molar-refractivity contribution is 4.63. The van der Waals surface area contributed by atoms with Crippen LogP contribution < -0.4 is 0 Å². The van der Waals surface area contributed by atoms with Crippen molar-refractivity contribution in [3.8, 4) is 0 Å². The molecule has 68 valence electrons. The molecular weight excluding hydrogens is 159 g/mol. The Labute approximate surface area is 63.9 Å². The van der Waals surface area contributed by atoms with Gasteiger partial charge in [0, 0.05) is 6.61 Å². The van der Waals surface area contributed by atoms with E-state index in [9.17, 15) is 13.2 Å². The molecule has 0 rings (SSSR count). The molecule has 0 saturated carbocycles. The topological polar surface area (TPSA) is 12.5 Å². The van der Waals surface area contributed by atoms with Crippen LogP contribution in [0, 0.1) is 0 Å². The van der Waals surface area contributed by atoms with Gasteiger partial charge in [-0.1, -0.05) is 0 Å². The molecule has 0 amide bonds. The molecule has 5 heteroatoms. The molecule has 0 spiro atoms. The minimum Gasteiger partial charge on any atom is -0.354 e. The summed E-state index contributed by atoms with van der Waals surface area (Å²) in [7, 11) is 2.65. The van der Waals surface area contributed by atoms with Crippen molar-refractivity contribution in [1.29, 1.82) is 0 Å². The summed E-state index contributed by atoms with van der Waals surface area (Å²) < 4.78 is 40.4. The minimum atomic E-state index is -4.31. The molecule has 0 aliphatic rings. The lowest BCUT2D eigenvalue weighted by Gasteiger charge is -2.25. The standard InChI is InChI=1S/C6H12F3NO/c1-4-11-5(10(2)3)6(7,8)9/h5H,4H2,1-3H3. The average Bonchev–Trinajstić information content (AvgIpc) is 1.79. The van der Waals surface area contributed by atoms with E-state index in [1.165, 1.54) is 21.0 Å². The number of ether oxygens (including phenoxy) is 1. The van der Waals surface area contributed by atoms with Crippen LogP contribution in [0.15, 0.2) is 0 Å². The quantitative estimate of drug-likeness (QED) is 0.596. The van der Waals surface area contributed by atoms with Crippen LogP contribution in [0.1, 0.15) is 6.92 Å². The fourth-order valence-electron chi connectivity index (χ4n) is 0.694. The predicted molar refractivity (Wildman–Crippen MR) is 35.2 cm³/mol. The second kappa shape index (κ2) is 3.92. The van der Waals surface area contributed by atoms with Crippen LogP contribution in [0.2, 0.25) is 0 Å². The van der Waals surface area contributed by atoms with Gasteiger partial charge in [0.25, 0.3) is 0 Å². The summed E-state index contributed by atoms with van der Waals surface area (Å²) in [5.74, 6) is 0. The highest BCUT2D eigenvalue weighted by atomic mass is 19.4. The monoisotopic (exact) mass is 171 g/mol. The second-order valence-corrected chi connectivity index (χ2v) is 2.31. The third kappa shape index (κ3) is 3.57. The molecule has 1 atom stereocenters. The molecule has 0 saturated heterocycles. The van der Waals surface area contributed by atoms with Gasteiger partial charge in [-0.15, -0.1) is 0 Å². The molecule has 0 aromatic heterocycles. The summed E-state index contributed by atoms with van der Waals surface area (Å²) >= 11 is 0. The van der Waals surface area contributed by atoms with E-state index in [4.69, 9.17) is 0 Å². The molecule has 0 aliphatic carbocycles. The molecule has 0 fully saturated rings. The molecule has 0 heterocycles. The maximum absolute atomic E-state index is 12.0. The van der Waals surface area contributed by atoms with E-state index >= 15 is 0 Å². The Morgan fingerprint density at radius 2 is 1.82 bits per heavy atom. The van der Waals surface area contributed by atoms with Gasteiger partial charge in [-0.3, -0.25) is 4.90 Å². The molecule has 0 aromatic rings. The Kier molecular flexibility index (Phi) is 3.82. The fraction of sp³-hybridized carbons (Fsp3) is 1.00. The van der Waals surface area contributed by atoms with E-state index in [2.05, 4.69) is 4.74 Å². The van der Waals surface area contributed by atoms with Gasteiger partial charge in [0.05, 0.1) is 0 Å². The van der Waals surface area contributed by atoms with E-state index < -0.39 is 12.4 Å². The first-order chi connectivity index (χ1) is 4.89. The second-order valence-electron chi connectivity index (χ2n) is 2.31.